The summed E-state index contributed by atoms with van der Waals surface area (Å²) >= 11 is 5.90. The van der Waals surface area contributed by atoms with Gasteiger partial charge in [-0.25, -0.2) is 18.1 Å². The highest BCUT2D eigenvalue weighted by Crippen LogP contribution is 2.24. The number of halogens is 1. The molecule has 0 spiro atoms. The maximum atomic E-state index is 12.7. The third-order valence-electron chi connectivity index (χ3n) is 5.39. The first-order valence-electron chi connectivity index (χ1n) is 10.3. The van der Waals surface area contributed by atoms with Crippen molar-refractivity contribution in [3.05, 3.63) is 77.4 Å². The summed E-state index contributed by atoms with van der Waals surface area (Å²) in [4.78, 5) is 21.2. The van der Waals surface area contributed by atoms with Crippen molar-refractivity contribution in [1.82, 2.24) is 9.71 Å². The first kappa shape index (κ1) is 22.9. The molecule has 0 aliphatic carbocycles. The number of methoxy groups -OCH3 is 1. The fraction of sp³-hybridized carbons (Fsp3) is 0.217. The van der Waals surface area contributed by atoms with Gasteiger partial charge in [0.05, 0.1) is 12.7 Å². The number of benzene rings is 2. The van der Waals surface area contributed by atoms with Crippen LogP contribution in [-0.4, -0.2) is 52.6 Å². The van der Waals surface area contributed by atoms with Crippen molar-refractivity contribution < 1.29 is 17.9 Å². The molecule has 0 radical (unpaired) electrons. The van der Waals surface area contributed by atoms with E-state index in [9.17, 15) is 13.2 Å². The van der Waals surface area contributed by atoms with Crippen molar-refractivity contribution in [2.24, 2.45) is 0 Å². The fourth-order valence-corrected chi connectivity index (χ4v) is 4.71. The smallest absolute Gasteiger partial charge is 0.268 e. The van der Waals surface area contributed by atoms with Gasteiger partial charge in [-0.15, -0.1) is 0 Å². The predicted molar refractivity (Wildman–Crippen MR) is 128 cm³/mol. The number of aromatic nitrogens is 1. The quantitative estimate of drug-likeness (QED) is 0.572. The largest absolute Gasteiger partial charge is 0.496 e. The molecule has 33 heavy (non-hydrogen) atoms. The molecule has 0 bridgehead atoms. The lowest BCUT2D eigenvalue weighted by molar-refractivity contribution is 0.0978. The van der Waals surface area contributed by atoms with Crippen LogP contribution in [0.5, 0.6) is 5.75 Å². The van der Waals surface area contributed by atoms with Gasteiger partial charge in [0.2, 0.25) is 0 Å². The number of amides is 1. The van der Waals surface area contributed by atoms with Gasteiger partial charge >= 0.3 is 0 Å². The van der Waals surface area contributed by atoms with Crippen LogP contribution in [0.4, 0.5) is 11.5 Å². The Hall–Kier alpha value is -3.30. The van der Waals surface area contributed by atoms with Crippen LogP contribution in [0.15, 0.2) is 71.8 Å². The summed E-state index contributed by atoms with van der Waals surface area (Å²) in [5, 5.41) is 0.371. The Morgan fingerprint density at radius 3 is 2.33 bits per heavy atom. The number of nitrogens with one attached hydrogen (secondary N) is 1. The summed E-state index contributed by atoms with van der Waals surface area (Å²) < 4.78 is 32.6. The van der Waals surface area contributed by atoms with Crippen molar-refractivity contribution in [2.45, 2.75) is 4.90 Å². The van der Waals surface area contributed by atoms with Gasteiger partial charge in [0.1, 0.15) is 16.5 Å². The predicted octanol–water partition coefficient (Wildman–Crippen LogP) is 3.19. The Labute approximate surface area is 197 Å². The molecular formula is C23H23ClN4O4S. The fourth-order valence-electron chi connectivity index (χ4n) is 3.64. The van der Waals surface area contributed by atoms with E-state index in [0.29, 0.717) is 10.8 Å². The molecule has 4 rings (SSSR count). The average Bonchev–Trinajstić information content (AvgIpc) is 2.84. The summed E-state index contributed by atoms with van der Waals surface area (Å²) in [6.45, 7) is 3.21. The van der Waals surface area contributed by atoms with Crippen molar-refractivity contribution >= 4 is 39.0 Å². The van der Waals surface area contributed by atoms with Crippen LogP contribution in [0.2, 0.25) is 5.02 Å². The van der Waals surface area contributed by atoms with Crippen LogP contribution < -0.4 is 19.3 Å². The van der Waals surface area contributed by atoms with Crippen molar-refractivity contribution in [1.29, 1.82) is 0 Å². The second-order valence-corrected chi connectivity index (χ2v) is 9.56. The lowest BCUT2D eigenvalue weighted by Crippen LogP contribution is -2.46. The topological polar surface area (TPSA) is 91.8 Å². The maximum absolute atomic E-state index is 12.7. The zero-order valence-corrected chi connectivity index (χ0v) is 19.5. The number of para-hydroxylation sites is 1. The number of hydrogen-bond donors (Lipinski definition) is 1. The van der Waals surface area contributed by atoms with Crippen LogP contribution in [-0.2, 0) is 10.0 Å². The highest BCUT2D eigenvalue weighted by molar-refractivity contribution is 7.90. The summed E-state index contributed by atoms with van der Waals surface area (Å²) in [6, 6.07) is 17.6. The number of hydrogen-bond acceptors (Lipinski definition) is 7. The monoisotopic (exact) mass is 486 g/mol. The zero-order chi connectivity index (χ0) is 23.4. The van der Waals surface area contributed by atoms with Gasteiger partial charge in [0.25, 0.3) is 15.9 Å². The first-order chi connectivity index (χ1) is 15.9. The normalized spacial score (nSPS) is 14.1. The number of anilines is 2. The van der Waals surface area contributed by atoms with Gasteiger partial charge in [-0.05, 0) is 42.5 Å². The summed E-state index contributed by atoms with van der Waals surface area (Å²) in [7, 11) is -2.74. The van der Waals surface area contributed by atoms with E-state index in [4.69, 9.17) is 16.3 Å². The Kier molecular flexibility index (Phi) is 6.71. The van der Waals surface area contributed by atoms with Gasteiger partial charge in [-0.3, -0.25) is 4.79 Å². The minimum atomic E-state index is -4.11. The van der Waals surface area contributed by atoms with Gasteiger partial charge < -0.3 is 14.5 Å². The third-order valence-corrected chi connectivity index (χ3v) is 6.94. The van der Waals surface area contributed by atoms with Crippen LogP contribution in [0.25, 0.3) is 0 Å². The van der Waals surface area contributed by atoms with Crippen LogP contribution in [0.1, 0.15) is 10.4 Å². The van der Waals surface area contributed by atoms with Crippen LogP contribution in [0.3, 0.4) is 0 Å². The van der Waals surface area contributed by atoms with Crippen molar-refractivity contribution in [3.63, 3.8) is 0 Å². The molecule has 0 saturated carbocycles. The molecule has 2 aromatic carbocycles. The number of carbonyl (C=O) groups excluding carboxylic acids is 1. The standard InChI is InChI=1S/C23H23ClN4O4S/c1-32-21-15-17(24)7-9-20(21)23(29)26-33(30,31)19-8-10-22(25-16-19)28-13-11-27(12-14-28)18-5-3-2-4-6-18/h2-10,15-16H,11-14H2,1H3,(H,26,29). The van der Waals surface area contributed by atoms with Crippen LogP contribution in [0, 0.1) is 0 Å². The Morgan fingerprint density at radius 2 is 1.70 bits per heavy atom. The minimum absolute atomic E-state index is 0.0614. The van der Waals surface area contributed by atoms with E-state index in [1.165, 1.54) is 43.3 Å². The molecule has 10 heteroatoms. The molecule has 1 saturated heterocycles. The molecule has 172 valence electrons. The van der Waals surface area contributed by atoms with Gasteiger partial charge in [-0.1, -0.05) is 29.8 Å². The molecule has 2 heterocycles. The minimum Gasteiger partial charge on any atom is -0.496 e. The number of piperazine rings is 1. The number of pyridine rings is 1. The number of nitrogens with zero attached hydrogens (tertiary/aromatic N) is 3. The number of rotatable bonds is 6. The van der Waals surface area contributed by atoms with E-state index >= 15 is 0 Å². The SMILES string of the molecule is COc1cc(Cl)ccc1C(=O)NS(=O)(=O)c1ccc(N2CCN(c3ccccc3)CC2)nc1. The summed E-state index contributed by atoms with van der Waals surface area (Å²) in [5.41, 5.74) is 1.24. The molecular weight excluding hydrogens is 464 g/mol. The van der Waals surface area contributed by atoms with Crippen molar-refractivity contribution in [2.75, 3.05) is 43.1 Å². The Balaban J connectivity index is 1.42. The molecule has 0 atom stereocenters. The summed E-state index contributed by atoms with van der Waals surface area (Å²) in [6.07, 6.45) is 1.26. The molecule has 0 unspecified atom stereocenters. The lowest BCUT2D eigenvalue weighted by atomic mass is 10.2. The zero-order valence-electron chi connectivity index (χ0n) is 17.9. The van der Waals surface area contributed by atoms with E-state index in [-0.39, 0.29) is 16.2 Å². The van der Waals surface area contributed by atoms with Crippen molar-refractivity contribution in [3.8, 4) is 5.75 Å². The number of sulfonamides is 1. The van der Waals surface area contributed by atoms with E-state index in [2.05, 4.69) is 31.6 Å². The molecule has 1 aliphatic rings. The molecule has 1 N–H and O–H groups in total. The third kappa shape index (κ3) is 5.20. The van der Waals surface area contributed by atoms with E-state index in [1.54, 1.807) is 6.07 Å². The summed E-state index contributed by atoms with van der Waals surface area (Å²) in [5.74, 6) is 0.0512. The molecule has 1 aliphatic heterocycles. The highest BCUT2D eigenvalue weighted by atomic mass is 35.5. The Bertz CT molecular complexity index is 1230. The van der Waals surface area contributed by atoms with Gasteiger partial charge in [0, 0.05) is 43.1 Å². The molecule has 1 amide bonds. The second kappa shape index (κ2) is 9.68. The van der Waals surface area contributed by atoms with Gasteiger partial charge in [0.15, 0.2) is 0 Å². The average molecular weight is 487 g/mol. The maximum Gasteiger partial charge on any atom is 0.268 e. The lowest BCUT2D eigenvalue weighted by Gasteiger charge is -2.36. The van der Waals surface area contributed by atoms with Gasteiger partial charge in [-0.2, -0.15) is 0 Å². The molecule has 1 aromatic heterocycles. The molecule has 3 aromatic rings. The number of carbonyl (C=O) groups is 1. The number of ether oxygens (including phenoxy) is 1. The highest BCUT2D eigenvalue weighted by Gasteiger charge is 2.23. The first-order valence-corrected chi connectivity index (χ1v) is 12.2. The van der Waals surface area contributed by atoms with Crippen LogP contribution >= 0.6 is 11.6 Å². The van der Waals surface area contributed by atoms with E-state index in [1.807, 2.05) is 18.2 Å². The van der Waals surface area contributed by atoms with E-state index in [0.717, 1.165) is 26.2 Å². The second-order valence-electron chi connectivity index (χ2n) is 7.44. The molecule has 8 nitrogen and oxygen atoms in total. The molecule has 1 fully saturated rings. The Morgan fingerprint density at radius 1 is 1.00 bits per heavy atom. The van der Waals surface area contributed by atoms with E-state index < -0.39 is 15.9 Å².